The Labute approximate surface area is 173 Å². The van der Waals surface area contributed by atoms with Gasteiger partial charge in [-0.15, -0.1) is 0 Å². The van der Waals surface area contributed by atoms with Crippen LogP contribution in [0.4, 0.5) is 0 Å². The van der Waals surface area contributed by atoms with Gasteiger partial charge >= 0.3 is 0 Å². The highest BCUT2D eigenvalue weighted by atomic mass is 79.9. The van der Waals surface area contributed by atoms with Crippen LogP contribution in [0.1, 0.15) is 53.9 Å². The molecule has 0 bridgehead atoms. The second-order valence-corrected chi connectivity index (χ2v) is 9.94. The maximum Gasteiger partial charge on any atom is 0.262 e. The van der Waals surface area contributed by atoms with E-state index in [0.717, 1.165) is 23.7 Å². The monoisotopic (exact) mass is 453 g/mol. The van der Waals surface area contributed by atoms with E-state index in [1.165, 1.54) is 11.8 Å². The molecule has 5 nitrogen and oxygen atoms in total. The minimum Gasteiger partial charge on any atom is -0.351 e. The normalized spacial score (nSPS) is 13.0. The first kappa shape index (κ1) is 22.0. The number of fused-ring (bicyclic) bond motifs is 1. The minimum atomic E-state index is -0.346. The predicted molar refractivity (Wildman–Crippen MR) is 116 cm³/mol. The summed E-state index contributed by atoms with van der Waals surface area (Å²) in [5, 5.41) is 3.84. The van der Waals surface area contributed by atoms with Crippen molar-refractivity contribution < 1.29 is 4.79 Å². The molecule has 0 saturated heterocycles. The van der Waals surface area contributed by atoms with Gasteiger partial charge in [-0.3, -0.25) is 14.2 Å². The first-order valence-corrected chi connectivity index (χ1v) is 11.0. The quantitative estimate of drug-likeness (QED) is 0.373. The Morgan fingerprint density at radius 3 is 2.67 bits per heavy atom. The summed E-state index contributed by atoms with van der Waals surface area (Å²) in [6, 6.07) is 5.52. The van der Waals surface area contributed by atoms with E-state index in [0.29, 0.717) is 22.6 Å². The number of amides is 1. The first-order chi connectivity index (χ1) is 12.6. The highest BCUT2D eigenvalue weighted by Crippen LogP contribution is 2.25. The van der Waals surface area contributed by atoms with Crippen LogP contribution in [0, 0.1) is 0 Å². The fourth-order valence-electron chi connectivity index (χ4n) is 2.66. The van der Waals surface area contributed by atoms with E-state index >= 15 is 0 Å². The van der Waals surface area contributed by atoms with Gasteiger partial charge in [0.25, 0.3) is 5.56 Å². The molecule has 1 aromatic carbocycles. The lowest BCUT2D eigenvalue weighted by molar-refractivity contribution is -0.121. The zero-order valence-corrected chi connectivity index (χ0v) is 19.0. The number of carbonyl (C=O) groups is 1. The fourth-order valence-corrected chi connectivity index (χ4v) is 3.96. The van der Waals surface area contributed by atoms with Crippen molar-refractivity contribution in [3.05, 3.63) is 33.0 Å². The van der Waals surface area contributed by atoms with Crippen molar-refractivity contribution >= 4 is 44.5 Å². The van der Waals surface area contributed by atoms with Crippen LogP contribution in [0.3, 0.4) is 0 Å². The van der Waals surface area contributed by atoms with Crippen LogP contribution in [-0.2, 0) is 11.3 Å². The average molecular weight is 454 g/mol. The van der Waals surface area contributed by atoms with Gasteiger partial charge in [0, 0.05) is 16.6 Å². The summed E-state index contributed by atoms with van der Waals surface area (Å²) in [4.78, 5) is 30.2. The van der Waals surface area contributed by atoms with Gasteiger partial charge < -0.3 is 5.32 Å². The molecule has 148 valence electrons. The number of nitrogens with zero attached hydrogens (tertiary/aromatic N) is 2. The third kappa shape index (κ3) is 6.07. The number of thioether (sulfide) groups is 1. The largest absolute Gasteiger partial charge is 0.351 e. The fraction of sp³-hybridized carbons (Fsp3) is 0.550. The van der Waals surface area contributed by atoms with Crippen molar-refractivity contribution in [2.45, 2.75) is 76.4 Å². The maximum absolute atomic E-state index is 13.1. The van der Waals surface area contributed by atoms with Gasteiger partial charge in [0.15, 0.2) is 5.16 Å². The maximum atomic E-state index is 13.1. The lowest BCUT2D eigenvalue weighted by Crippen LogP contribution is -2.44. The van der Waals surface area contributed by atoms with E-state index in [2.05, 4.69) is 28.2 Å². The van der Waals surface area contributed by atoms with E-state index in [-0.39, 0.29) is 22.3 Å². The van der Waals surface area contributed by atoms with Crippen molar-refractivity contribution in [2.24, 2.45) is 0 Å². The van der Waals surface area contributed by atoms with Crippen LogP contribution in [0.15, 0.2) is 32.6 Å². The van der Waals surface area contributed by atoms with Gasteiger partial charge in [0.2, 0.25) is 5.91 Å². The van der Waals surface area contributed by atoms with Crippen LogP contribution in [-0.4, -0.2) is 26.2 Å². The molecule has 1 amide bonds. The van der Waals surface area contributed by atoms with E-state index in [1.807, 2.05) is 45.9 Å². The Hall–Kier alpha value is -1.34. The summed E-state index contributed by atoms with van der Waals surface area (Å²) in [5.41, 5.74) is 0.305. The number of unbranched alkanes of at least 4 members (excludes halogenated alkanes) is 2. The standard InChI is InChI=1S/C20H28BrN3O2S/c1-6-7-8-11-24-18(26)15-12-14(21)9-10-16(15)22-19(24)27-13(2)17(25)23-20(3,4)5/h9-10,12-13H,6-8,11H2,1-5H3,(H,23,25). The Morgan fingerprint density at radius 1 is 1.33 bits per heavy atom. The van der Waals surface area contributed by atoms with Gasteiger partial charge in [-0.05, 0) is 52.3 Å². The molecule has 0 aliphatic heterocycles. The van der Waals surface area contributed by atoms with Gasteiger partial charge in [-0.2, -0.15) is 0 Å². The van der Waals surface area contributed by atoms with E-state index < -0.39 is 0 Å². The zero-order valence-electron chi connectivity index (χ0n) is 16.6. The highest BCUT2D eigenvalue weighted by molar-refractivity contribution is 9.10. The molecule has 1 unspecified atom stereocenters. The molecular weight excluding hydrogens is 426 g/mol. The number of hydrogen-bond acceptors (Lipinski definition) is 4. The van der Waals surface area contributed by atoms with Gasteiger partial charge in [0.05, 0.1) is 16.2 Å². The van der Waals surface area contributed by atoms with Crippen LogP contribution < -0.4 is 10.9 Å². The highest BCUT2D eigenvalue weighted by Gasteiger charge is 2.22. The Morgan fingerprint density at radius 2 is 2.04 bits per heavy atom. The Balaban J connectivity index is 2.40. The molecule has 27 heavy (non-hydrogen) atoms. The molecule has 0 aliphatic carbocycles. The molecule has 1 N–H and O–H groups in total. The van der Waals surface area contributed by atoms with Gasteiger partial charge in [-0.1, -0.05) is 47.5 Å². The van der Waals surface area contributed by atoms with E-state index in [1.54, 1.807) is 4.57 Å². The lowest BCUT2D eigenvalue weighted by atomic mass is 10.1. The predicted octanol–water partition coefficient (Wildman–Crippen LogP) is 4.74. The summed E-state index contributed by atoms with van der Waals surface area (Å²) < 4.78 is 2.57. The SMILES string of the molecule is CCCCCn1c(SC(C)C(=O)NC(C)(C)C)nc2ccc(Br)cc2c1=O. The minimum absolute atomic E-state index is 0.0525. The molecule has 2 rings (SSSR count). The molecule has 1 heterocycles. The summed E-state index contributed by atoms with van der Waals surface area (Å²) >= 11 is 4.77. The van der Waals surface area contributed by atoms with Crippen molar-refractivity contribution in [1.29, 1.82) is 0 Å². The van der Waals surface area contributed by atoms with E-state index in [4.69, 9.17) is 4.98 Å². The molecule has 1 aromatic heterocycles. The number of nitrogens with one attached hydrogen (secondary N) is 1. The average Bonchev–Trinajstić information content (AvgIpc) is 2.57. The van der Waals surface area contributed by atoms with Crippen molar-refractivity contribution in [2.75, 3.05) is 0 Å². The van der Waals surface area contributed by atoms with Crippen LogP contribution >= 0.6 is 27.7 Å². The van der Waals surface area contributed by atoms with Gasteiger partial charge in [0.1, 0.15) is 0 Å². The van der Waals surface area contributed by atoms with Crippen molar-refractivity contribution in [1.82, 2.24) is 14.9 Å². The number of rotatable bonds is 7. The summed E-state index contributed by atoms with van der Waals surface area (Å²) in [5.74, 6) is -0.0576. The van der Waals surface area contributed by atoms with Crippen molar-refractivity contribution in [3.8, 4) is 0 Å². The number of hydrogen-bond donors (Lipinski definition) is 1. The number of carbonyl (C=O) groups excluding carboxylic acids is 1. The third-order valence-electron chi connectivity index (χ3n) is 4.02. The second kappa shape index (κ2) is 9.24. The Kier molecular flexibility index (Phi) is 7.51. The molecule has 1 atom stereocenters. The summed E-state index contributed by atoms with van der Waals surface area (Å²) in [6.07, 6.45) is 3.04. The number of halogens is 1. The number of benzene rings is 1. The second-order valence-electron chi connectivity index (χ2n) is 7.72. The molecule has 0 spiro atoms. The number of aromatic nitrogens is 2. The van der Waals surface area contributed by atoms with Crippen molar-refractivity contribution in [3.63, 3.8) is 0 Å². The topological polar surface area (TPSA) is 64.0 Å². The molecule has 0 fully saturated rings. The first-order valence-electron chi connectivity index (χ1n) is 9.31. The molecule has 0 saturated carbocycles. The summed E-state index contributed by atoms with van der Waals surface area (Å²) in [6.45, 7) is 10.4. The third-order valence-corrected chi connectivity index (χ3v) is 5.60. The summed E-state index contributed by atoms with van der Waals surface area (Å²) in [7, 11) is 0. The molecule has 7 heteroatoms. The van der Waals surface area contributed by atoms with Gasteiger partial charge in [-0.25, -0.2) is 4.98 Å². The van der Waals surface area contributed by atoms with Crippen LogP contribution in [0.5, 0.6) is 0 Å². The molecule has 2 aromatic rings. The van der Waals surface area contributed by atoms with Crippen LogP contribution in [0.25, 0.3) is 10.9 Å². The molecule has 0 aliphatic rings. The lowest BCUT2D eigenvalue weighted by Gasteiger charge is -2.23. The zero-order chi connectivity index (χ0) is 20.2. The van der Waals surface area contributed by atoms with Crippen LogP contribution in [0.2, 0.25) is 0 Å². The smallest absolute Gasteiger partial charge is 0.262 e. The van der Waals surface area contributed by atoms with E-state index in [9.17, 15) is 9.59 Å². The molecular formula is C20H28BrN3O2S. The molecule has 0 radical (unpaired) electrons. The Bertz CT molecular complexity index is 874.